The Kier molecular flexibility index (Phi) is 6.23. The molecule has 3 fully saturated rings. The van der Waals surface area contributed by atoms with Crippen molar-refractivity contribution in [1.82, 2.24) is 19.6 Å². The first-order chi connectivity index (χ1) is 14.5. The van der Waals surface area contributed by atoms with Crippen molar-refractivity contribution in [3.63, 3.8) is 0 Å². The zero-order valence-corrected chi connectivity index (χ0v) is 19.8. The van der Waals surface area contributed by atoms with Gasteiger partial charge in [0.2, 0.25) is 5.91 Å². The van der Waals surface area contributed by atoms with Crippen molar-refractivity contribution in [1.29, 1.82) is 0 Å². The van der Waals surface area contributed by atoms with Crippen molar-refractivity contribution in [2.45, 2.75) is 31.8 Å². The second-order valence-corrected chi connectivity index (χ2v) is 13.4. The molecule has 12 heteroatoms. The van der Waals surface area contributed by atoms with Crippen LogP contribution in [0.2, 0.25) is 5.15 Å². The molecule has 0 N–H and O–H groups in total. The summed E-state index contributed by atoms with van der Waals surface area (Å²) in [6.07, 6.45) is 4.27. The Morgan fingerprint density at radius 1 is 1.00 bits per heavy atom. The Morgan fingerprint density at radius 2 is 1.58 bits per heavy atom. The number of hydrogen-bond acceptors (Lipinski definition) is 7. The Balaban J connectivity index is 1.37. The molecule has 31 heavy (non-hydrogen) atoms. The van der Waals surface area contributed by atoms with E-state index in [4.69, 9.17) is 11.6 Å². The maximum atomic E-state index is 12.6. The van der Waals surface area contributed by atoms with E-state index in [-0.39, 0.29) is 41.0 Å². The third kappa shape index (κ3) is 4.99. The molecule has 2 unspecified atom stereocenters. The van der Waals surface area contributed by atoms with Crippen LogP contribution in [0.3, 0.4) is 0 Å². The number of nitrogens with zero attached hydrogens (tertiary/aromatic N) is 4. The average Bonchev–Trinajstić information content (AvgIpc) is 3.35. The number of piperazine rings is 1. The van der Waals surface area contributed by atoms with Crippen molar-refractivity contribution in [3.8, 4) is 0 Å². The third-order valence-electron chi connectivity index (χ3n) is 6.37. The normalized spacial score (nSPS) is 28.5. The van der Waals surface area contributed by atoms with Crippen LogP contribution in [0.1, 0.15) is 30.1 Å². The Hall–Kier alpha value is -1.43. The second kappa shape index (κ2) is 8.49. The van der Waals surface area contributed by atoms with E-state index in [1.807, 2.05) is 0 Å². The number of halogens is 1. The summed E-state index contributed by atoms with van der Waals surface area (Å²) >= 11 is 6.46. The Morgan fingerprint density at radius 3 is 2.13 bits per heavy atom. The fourth-order valence-electron chi connectivity index (χ4n) is 4.56. The molecule has 3 aliphatic rings. The molecule has 0 aliphatic carbocycles. The van der Waals surface area contributed by atoms with E-state index in [1.54, 1.807) is 22.6 Å². The molecule has 4 heterocycles. The van der Waals surface area contributed by atoms with Crippen LogP contribution < -0.4 is 0 Å². The molecule has 3 saturated heterocycles. The predicted octanol–water partition coefficient (Wildman–Crippen LogP) is 0.549. The van der Waals surface area contributed by atoms with Crippen molar-refractivity contribution >= 4 is 43.3 Å². The summed E-state index contributed by atoms with van der Waals surface area (Å²) in [5.41, 5.74) is 1.26. The molecule has 9 nitrogen and oxygen atoms in total. The summed E-state index contributed by atoms with van der Waals surface area (Å²) in [6, 6.07) is -0.217. The maximum Gasteiger partial charge on any atom is 0.246 e. The van der Waals surface area contributed by atoms with Gasteiger partial charge in [0.05, 0.1) is 34.7 Å². The van der Waals surface area contributed by atoms with Crippen LogP contribution >= 0.6 is 11.6 Å². The van der Waals surface area contributed by atoms with Gasteiger partial charge < -0.3 is 4.90 Å². The van der Waals surface area contributed by atoms with Gasteiger partial charge in [-0.25, -0.2) is 21.5 Å². The molecule has 0 spiro atoms. The van der Waals surface area contributed by atoms with Gasteiger partial charge in [0.15, 0.2) is 19.7 Å². The van der Waals surface area contributed by atoms with E-state index in [0.717, 1.165) is 0 Å². The quantitative estimate of drug-likeness (QED) is 0.567. The van der Waals surface area contributed by atoms with Crippen molar-refractivity contribution in [2.75, 3.05) is 49.2 Å². The highest BCUT2D eigenvalue weighted by Crippen LogP contribution is 2.30. The minimum Gasteiger partial charge on any atom is -0.337 e. The summed E-state index contributed by atoms with van der Waals surface area (Å²) in [5, 5.41) is 4.75. The molecular formula is C19H27ClN4O5S2. The van der Waals surface area contributed by atoms with E-state index in [9.17, 15) is 21.6 Å². The van der Waals surface area contributed by atoms with Crippen LogP contribution in [-0.4, -0.2) is 97.6 Å². The minimum atomic E-state index is -3.06. The number of amides is 1. The monoisotopic (exact) mass is 490 g/mol. The number of sulfone groups is 2. The number of carbonyl (C=O) groups is 1. The minimum absolute atomic E-state index is 0.0303. The highest BCUT2D eigenvalue weighted by molar-refractivity contribution is 7.91. The summed E-state index contributed by atoms with van der Waals surface area (Å²) in [7, 11) is -5.98. The van der Waals surface area contributed by atoms with Crippen LogP contribution in [0, 0.1) is 6.92 Å². The van der Waals surface area contributed by atoms with Gasteiger partial charge >= 0.3 is 0 Å². The molecule has 0 saturated carbocycles. The highest BCUT2D eigenvalue weighted by atomic mass is 35.5. The number of aryl methyl sites for hydroxylation is 1. The summed E-state index contributed by atoms with van der Waals surface area (Å²) in [5.74, 6) is 0.494. The number of rotatable bonds is 4. The number of carbonyl (C=O) groups excluding carboxylic acids is 1. The molecule has 3 aliphatic heterocycles. The van der Waals surface area contributed by atoms with Crippen LogP contribution in [-0.2, 0) is 24.5 Å². The van der Waals surface area contributed by atoms with Gasteiger partial charge in [0, 0.05) is 43.9 Å². The van der Waals surface area contributed by atoms with Gasteiger partial charge in [-0.15, -0.1) is 0 Å². The van der Waals surface area contributed by atoms with Gasteiger partial charge in [-0.05, 0) is 25.8 Å². The molecule has 1 aromatic rings. The fraction of sp³-hybridized carbons (Fsp3) is 0.684. The summed E-state index contributed by atoms with van der Waals surface area (Å²) in [6.45, 7) is 4.20. The first kappa shape index (κ1) is 22.8. The van der Waals surface area contributed by atoms with Gasteiger partial charge in [-0.1, -0.05) is 11.6 Å². The second-order valence-electron chi connectivity index (χ2n) is 8.54. The molecule has 1 amide bonds. The fourth-order valence-corrected chi connectivity index (χ4v) is 8.39. The molecule has 0 aromatic carbocycles. The molecular weight excluding hydrogens is 464 g/mol. The highest BCUT2D eigenvalue weighted by Gasteiger charge is 2.34. The number of aromatic nitrogens is 2. The zero-order chi connectivity index (χ0) is 22.4. The molecule has 1 aromatic heterocycles. The van der Waals surface area contributed by atoms with E-state index in [1.165, 1.54) is 6.08 Å². The average molecular weight is 491 g/mol. The standard InChI is InChI=1S/C19H27ClN4O5S2/c1-14-17(19(20)24(21-14)16-5-11-31(28,29)13-16)2-3-18(25)23-8-6-22(7-9-23)15-4-10-30(26,27)12-15/h2-3,15-16H,4-13H2,1H3/b3-2+. The van der Waals surface area contributed by atoms with E-state index < -0.39 is 19.7 Å². The number of hydrogen-bond donors (Lipinski definition) is 0. The Labute approximate surface area is 187 Å². The topological polar surface area (TPSA) is 110 Å². The van der Waals surface area contributed by atoms with Crippen LogP contribution in [0.15, 0.2) is 6.08 Å². The van der Waals surface area contributed by atoms with E-state index in [2.05, 4.69) is 10.00 Å². The van der Waals surface area contributed by atoms with Crippen LogP contribution in [0.5, 0.6) is 0 Å². The smallest absolute Gasteiger partial charge is 0.246 e. The first-order valence-electron chi connectivity index (χ1n) is 10.4. The first-order valence-corrected chi connectivity index (χ1v) is 14.4. The summed E-state index contributed by atoms with van der Waals surface area (Å²) in [4.78, 5) is 16.6. The zero-order valence-electron chi connectivity index (χ0n) is 17.4. The molecule has 172 valence electrons. The lowest BCUT2D eigenvalue weighted by Crippen LogP contribution is -2.52. The molecule has 4 rings (SSSR count). The molecule has 2 atom stereocenters. The van der Waals surface area contributed by atoms with Gasteiger partial charge in [-0.2, -0.15) is 5.10 Å². The lowest BCUT2D eigenvalue weighted by Gasteiger charge is -2.37. The largest absolute Gasteiger partial charge is 0.337 e. The van der Waals surface area contributed by atoms with Gasteiger partial charge in [-0.3, -0.25) is 9.69 Å². The van der Waals surface area contributed by atoms with Crippen LogP contribution in [0.25, 0.3) is 6.08 Å². The lowest BCUT2D eigenvalue weighted by atomic mass is 10.2. The van der Waals surface area contributed by atoms with Gasteiger partial charge in [0.1, 0.15) is 5.15 Å². The molecule has 0 bridgehead atoms. The van der Waals surface area contributed by atoms with Gasteiger partial charge in [0.25, 0.3) is 0 Å². The predicted molar refractivity (Wildman–Crippen MR) is 119 cm³/mol. The molecule has 0 radical (unpaired) electrons. The summed E-state index contributed by atoms with van der Waals surface area (Å²) < 4.78 is 48.5. The third-order valence-corrected chi connectivity index (χ3v) is 10.2. The Bertz CT molecular complexity index is 1100. The van der Waals surface area contributed by atoms with Crippen molar-refractivity contribution in [2.24, 2.45) is 0 Å². The van der Waals surface area contributed by atoms with Crippen molar-refractivity contribution in [3.05, 3.63) is 22.5 Å². The SMILES string of the molecule is Cc1nn(C2CCS(=O)(=O)C2)c(Cl)c1/C=C/C(=O)N1CCN(C2CCS(=O)(=O)C2)CC1. The lowest BCUT2D eigenvalue weighted by molar-refractivity contribution is -0.127. The van der Waals surface area contributed by atoms with E-state index in [0.29, 0.717) is 55.4 Å². The van der Waals surface area contributed by atoms with Crippen LogP contribution in [0.4, 0.5) is 0 Å². The van der Waals surface area contributed by atoms with Crippen molar-refractivity contribution < 1.29 is 21.6 Å². The maximum absolute atomic E-state index is 12.6. The van der Waals surface area contributed by atoms with E-state index >= 15 is 0 Å².